The highest BCUT2D eigenvalue weighted by atomic mass is 19.3. The molecule has 0 bridgehead atoms. The van der Waals surface area contributed by atoms with Gasteiger partial charge in [-0.1, -0.05) is 60.7 Å². The van der Waals surface area contributed by atoms with Crippen LogP contribution in [0.25, 0.3) is 0 Å². The molecule has 0 aliphatic carbocycles. The number of aliphatic imine (C=N–C) groups is 1. The van der Waals surface area contributed by atoms with E-state index in [1.54, 1.807) is 0 Å². The molecule has 3 rings (SSSR count). The average Bonchev–Trinajstić information content (AvgIpc) is 2.62. The van der Waals surface area contributed by atoms with E-state index in [0.29, 0.717) is 5.71 Å². The maximum atomic E-state index is 13.4. The van der Waals surface area contributed by atoms with Crippen LogP contribution in [0, 0.1) is 5.82 Å². The minimum absolute atomic E-state index is 0.0365. The third kappa shape index (κ3) is 3.51. The Morgan fingerprint density at radius 2 is 1.33 bits per heavy atom. The number of alkyl halides is 2. The van der Waals surface area contributed by atoms with Crippen molar-refractivity contribution >= 4 is 11.5 Å². The van der Waals surface area contributed by atoms with Gasteiger partial charge in [0.25, 0.3) is 6.43 Å². The normalized spacial score (nSPS) is 10.7. The number of benzene rings is 2. The molecule has 1 heterocycles. The highest BCUT2D eigenvalue weighted by Gasteiger charge is 2.16. The average molecular weight is 326 g/mol. The summed E-state index contributed by atoms with van der Waals surface area (Å²) in [5.41, 5.74) is 1.31. The Morgan fingerprint density at radius 3 is 1.83 bits per heavy atom. The van der Waals surface area contributed by atoms with Crippen LogP contribution in [-0.2, 0) is 0 Å². The zero-order valence-electron chi connectivity index (χ0n) is 12.5. The van der Waals surface area contributed by atoms with E-state index >= 15 is 0 Å². The number of aromatic nitrogens is 1. The SMILES string of the molecule is Fc1ccc(N=C(c2ccccc2)c2ccccc2)nc1C(F)F. The molecular weight excluding hydrogens is 313 g/mol. The number of pyridine rings is 1. The maximum absolute atomic E-state index is 13.4. The van der Waals surface area contributed by atoms with E-state index in [1.165, 1.54) is 6.07 Å². The van der Waals surface area contributed by atoms with Crippen molar-refractivity contribution in [2.45, 2.75) is 6.43 Å². The zero-order chi connectivity index (χ0) is 16.9. The second-order valence-corrected chi connectivity index (χ2v) is 5.03. The summed E-state index contributed by atoms with van der Waals surface area (Å²) in [6, 6.07) is 20.9. The number of halogens is 3. The maximum Gasteiger partial charge on any atom is 0.283 e. The van der Waals surface area contributed by atoms with E-state index in [1.807, 2.05) is 60.7 Å². The minimum atomic E-state index is -2.99. The van der Waals surface area contributed by atoms with Gasteiger partial charge in [0.1, 0.15) is 5.69 Å². The Hall–Kier alpha value is -2.95. The number of rotatable bonds is 4. The van der Waals surface area contributed by atoms with Gasteiger partial charge in [0, 0.05) is 11.1 Å². The molecule has 0 spiro atoms. The fourth-order valence-electron chi connectivity index (χ4n) is 2.26. The molecule has 3 aromatic rings. The van der Waals surface area contributed by atoms with Crippen molar-refractivity contribution < 1.29 is 13.2 Å². The summed E-state index contributed by atoms with van der Waals surface area (Å²) in [7, 11) is 0. The van der Waals surface area contributed by atoms with Crippen LogP contribution in [0.1, 0.15) is 23.2 Å². The molecule has 2 aromatic carbocycles. The molecule has 24 heavy (non-hydrogen) atoms. The van der Waals surface area contributed by atoms with Crippen LogP contribution >= 0.6 is 0 Å². The van der Waals surface area contributed by atoms with Crippen molar-refractivity contribution in [1.29, 1.82) is 0 Å². The van der Waals surface area contributed by atoms with E-state index in [-0.39, 0.29) is 5.82 Å². The molecule has 0 N–H and O–H groups in total. The number of hydrogen-bond donors (Lipinski definition) is 0. The van der Waals surface area contributed by atoms with Crippen LogP contribution in [0.15, 0.2) is 77.8 Å². The predicted octanol–water partition coefficient (Wildman–Crippen LogP) is 5.33. The lowest BCUT2D eigenvalue weighted by atomic mass is 10.0. The van der Waals surface area contributed by atoms with Gasteiger partial charge >= 0.3 is 0 Å². The minimum Gasteiger partial charge on any atom is -0.228 e. The lowest BCUT2D eigenvalue weighted by Crippen LogP contribution is -2.03. The first-order chi connectivity index (χ1) is 11.6. The quantitative estimate of drug-likeness (QED) is 0.595. The van der Waals surface area contributed by atoms with Gasteiger partial charge in [-0.25, -0.2) is 23.1 Å². The highest BCUT2D eigenvalue weighted by Crippen LogP contribution is 2.24. The van der Waals surface area contributed by atoms with Crippen molar-refractivity contribution in [3.63, 3.8) is 0 Å². The van der Waals surface area contributed by atoms with E-state index < -0.39 is 17.9 Å². The Balaban J connectivity index is 2.13. The van der Waals surface area contributed by atoms with Crippen molar-refractivity contribution in [1.82, 2.24) is 4.98 Å². The van der Waals surface area contributed by atoms with Crippen LogP contribution in [0.4, 0.5) is 19.0 Å². The Bertz CT molecular complexity index is 806. The lowest BCUT2D eigenvalue weighted by molar-refractivity contribution is 0.140. The van der Waals surface area contributed by atoms with Crippen LogP contribution < -0.4 is 0 Å². The standard InChI is InChI=1S/C19H13F3N2/c20-15-11-12-16(24-18(15)19(21)22)23-17(13-7-3-1-4-8-13)14-9-5-2-6-10-14/h1-12,19H. The lowest BCUT2D eigenvalue weighted by Gasteiger charge is -2.08. The van der Waals surface area contributed by atoms with Gasteiger partial charge in [-0.15, -0.1) is 0 Å². The Labute approximate surface area is 137 Å². The predicted molar refractivity (Wildman–Crippen MR) is 87.3 cm³/mol. The number of hydrogen-bond acceptors (Lipinski definition) is 2. The summed E-state index contributed by atoms with van der Waals surface area (Å²) >= 11 is 0. The van der Waals surface area contributed by atoms with Crippen LogP contribution in [0.5, 0.6) is 0 Å². The second kappa shape index (κ2) is 7.08. The molecule has 0 saturated heterocycles. The van der Waals surface area contributed by atoms with E-state index in [4.69, 9.17) is 0 Å². The fourth-order valence-corrected chi connectivity index (χ4v) is 2.26. The molecule has 0 atom stereocenters. The monoisotopic (exact) mass is 326 g/mol. The largest absolute Gasteiger partial charge is 0.283 e. The van der Waals surface area contributed by atoms with Gasteiger partial charge in [-0.3, -0.25) is 0 Å². The summed E-state index contributed by atoms with van der Waals surface area (Å²) in [4.78, 5) is 8.04. The van der Waals surface area contributed by atoms with Gasteiger partial charge < -0.3 is 0 Å². The Kier molecular flexibility index (Phi) is 4.70. The molecular formula is C19H13F3N2. The summed E-state index contributed by atoms with van der Waals surface area (Å²) in [5, 5.41) is 0. The molecule has 0 amide bonds. The topological polar surface area (TPSA) is 25.2 Å². The molecule has 2 nitrogen and oxygen atoms in total. The molecule has 120 valence electrons. The molecule has 0 saturated carbocycles. The molecule has 0 aliphatic rings. The van der Waals surface area contributed by atoms with E-state index in [0.717, 1.165) is 17.2 Å². The van der Waals surface area contributed by atoms with Gasteiger partial charge in [-0.05, 0) is 12.1 Å². The van der Waals surface area contributed by atoms with Crippen LogP contribution in [-0.4, -0.2) is 10.7 Å². The van der Waals surface area contributed by atoms with Crippen molar-refractivity contribution in [3.05, 3.63) is 95.4 Å². The fraction of sp³-hybridized carbons (Fsp3) is 0.0526. The summed E-state index contributed by atoms with van der Waals surface area (Å²) < 4.78 is 39.1. The van der Waals surface area contributed by atoms with Crippen molar-refractivity contribution in [3.8, 4) is 0 Å². The van der Waals surface area contributed by atoms with E-state index in [9.17, 15) is 13.2 Å². The van der Waals surface area contributed by atoms with Gasteiger partial charge in [-0.2, -0.15) is 0 Å². The zero-order valence-corrected chi connectivity index (χ0v) is 12.5. The van der Waals surface area contributed by atoms with Crippen LogP contribution in [0.2, 0.25) is 0 Å². The van der Waals surface area contributed by atoms with Crippen molar-refractivity contribution in [2.24, 2.45) is 4.99 Å². The first-order valence-corrected chi connectivity index (χ1v) is 7.29. The molecule has 0 unspecified atom stereocenters. The van der Waals surface area contributed by atoms with Crippen LogP contribution in [0.3, 0.4) is 0 Å². The molecule has 0 aliphatic heterocycles. The second-order valence-electron chi connectivity index (χ2n) is 5.03. The van der Waals surface area contributed by atoms with Gasteiger partial charge in [0.15, 0.2) is 11.6 Å². The molecule has 5 heteroatoms. The molecule has 0 radical (unpaired) electrons. The summed E-state index contributed by atoms with van der Waals surface area (Å²) in [6.45, 7) is 0. The molecule has 1 aromatic heterocycles. The van der Waals surface area contributed by atoms with Gasteiger partial charge in [0.2, 0.25) is 0 Å². The first-order valence-electron chi connectivity index (χ1n) is 7.29. The Morgan fingerprint density at radius 1 is 0.792 bits per heavy atom. The third-order valence-corrected chi connectivity index (χ3v) is 3.39. The van der Waals surface area contributed by atoms with Crippen molar-refractivity contribution in [2.75, 3.05) is 0 Å². The summed E-state index contributed by atoms with van der Waals surface area (Å²) in [5.74, 6) is -1.00. The van der Waals surface area contributed by atoms with E-state index in [2.05, 4.69) is 9.98 Å². The first kappa shape index (κ1) is 15.9. The smallest absolute Gasteiger partial charge is 0.228 e. The third-order valence-electron chi connectivity index (χ3n) is 3.39. The highest BCUT2D eigenvalue weighted by molar-refractivity contribution is 6.13. The summed E-state index contributed by atoms with van der Waals surface area (Å²) in [6.07, 6.45) is -2.99. The molecule has 0 fully saturated rings. The van der Waals surface area contributed by atoms with Gasteiger partial charge in [0.05, 0.1) is 5.71 Å². The number of nitrogens with zero attached hydrogens (tertiary/aromatic N) is 2.